The van der Waals surface area contributed by atoms with Crippen LogP contribution in [0.3, 0.4) is 0 Å². The number of nitrogens with one attached hydrogen (secondary N) is 1. The van der Waals surface area contributed by atoms with Gasteiger partial charge in [0.15, 0.2) is 0 Å². The van der Waals surface area contributed by atoms with Gasteiger partial charge in [0.25, 0.3) is 0 Å². The van der Waals surface area contributed by atoms with E-state index in [0.717, 1.165) is 6.54 Å². The van der Waals surface area contributed by atoms with Crippen molar-refractivity contribution in [3.8, 4) is 0 Å². The van der Waals surface area contributed by atoms with Crippen LogP contribution < -0.4 is 5.32 Å². The SMILES string of the molecule is OCC(CO)NCC1CC1c1ccccc1. The molecule has 0 spiro atoms. The van der Waals surface area contributed by atoms with Crippen molar-refractivity contribution in [3.63, 3.8) is 0 Å². The van der Waals surface area contributed by atoms with Gasteiger partial charge in [-0.15, -0.1) is 0 Å². The molecule has 2 unspecified atom stereocenters. The van der Waals surface area contributed by atoms with Crippen molar-refractivity contribution in [2.45, 2.75) is 18.4 Å². The monoisotopic (exact) mass is 221 g/mol. The molecule has 0 bridgehead atoms. The lowest BCUT2D eigenvalue weighted by Crippen LogP contribution is -2.37. The number of benzene rings is 1. The van der Waals surface area contributed by atoms with Crippen LogP contribution in [0, 0.1) is 5.92 Å². The lowest BCUT2D eigenvalue weighted by atomic mass is 10.1. The van der Waals surface area contributed by atoms with Crippen LogP contribution in [-0.4, -0.2) is 36.0 Å². The summed E-state index contributed by atoms with van der Waals surface area (Å²) in [4.78, 5) is 0. The predicted octanol–water partition coefficient (Wildman–Crippen LogP) is 0.733. The Hall–Kier alpha value is -0.900. The largest absolute Gasteiger partial charge is 0.395 e. The topological polar surface area (TPSA) is 52.5 Å². The lowest BCUT2D eigenvalue weighted by Gasteiger charge is -2.12. The van der Waals surface area contributed by atoms with Gasteiger partial charge in [-0.1, -0.05) is 30.3 Å². The minimum atomic E-state index is -0.169. The summed E-state index contributed by atoms with van der Waals surface area (Å²) >= 11 is 0. The molecule has 3 heteroatoms. The van der Waals surface area contributed by atoms with Gasteiger partial charge >= 0.3 is 0 Å². The molecular weight excluding hydrogens is 202 g/mol. The Kier molecular flexibility index (Phi) is 3.93. The van der Waals surface area contributed by atoms with Crippen molar-refractivity contribution in [1.82, 2.24) is 5.32 Å². The van der Waals surface area contributed by atoms with Gasteiger partial charge < -0.3 is 15.5 Å². The third-order valence-corrected chi connectivity index (χ3v) is 3.26. The van der Waals surface area contributed by atoms with E-state index in [-0.39, 0.29) is 19.3 Å². The maximum atomic E-state index is 8.92. The zero-order chi connectivity index (χ0) is 11.4. The van der Waals surface area contributed by atoms with Crippen molar-refractivity contribution in [3.05, 3.63) is 35.9 Å². The van der Waals surface area contributed by atoms with Crippen LogP contribution >= 0.6 is 0 Å². The van der Waals surface area contributed by atoms with Crippen LogP contribution in [-0.2, 0) is 0 Å². The molecule has 3 N–H and O–H groups in total. The first-order valence-corrected chi connectivity index (χ1v) is 5.85. The van der Waals surface area contributed by atoms with E-state index >= 15 is 0 Å². The van der Waals surface area contributed by atoms with Gasteiger partial charge in [0, 0.05) is 0 Å². The second-order valence-electron chi connectivity index (χ2n) is 4.48. The average Bonchev–Trinajstić information content (AvgIpc) is 3.11. The second kappa shape index (κ2) is 5.43. The van der Waals surface area contributed by atoms with Crippen molar-refractivity contribution in [2.24, 2.45) is 5.92 Å². The van der Waals surface area contributed by atoms with E-state index in [0.29, 0.717) is 11.8 Å². The zero-order valence-corrected chi connectivity index (χ0v) is 9.34. The van der Waals surface area contributed by atoms with Gasteiger partial charge in [0.2, 0.25) is 0 Å². The minimum absolute atomic E-state index is 0.000770. The van der Waals surface area contributed by atoms with E-state index in [2.05, 4.69) is 29.6 Å². The van der Waals surface area contributed by atoms with Crippen molar-refractivity contribution in [2.75, 3.05) is 19.8 Å². The molecule has 88 valence electrons. The van der Waals surface area contributed by atoms with E-state index in [9.17, 15) is 0 Å². The highest BCUT2D eigenvalue weighted by Crippen LogP contribution is 2.46. The maximum absolute atomic E-state index is 8.92. The molecule has 0 aromatic heterocycles. The van der Waals surface area contributed by atoms with Crippen LogP contribution in [0.15, 0.2) is 30.3 Å². The van der Waals surface area contributed by atoms with Crippen LogP contribution in [0.4, 0.5) is 0 Å². The highest BCUT2D eigenvalue weighted by atomic mass is 16.3. The quantitative estimate of drug-likeness (QED) is 0.664. The molecule has 2 rings (SSSR count). The molecule has 0 amide bonds. The van der Waals surface area contributed by atoms with Gasteiger partial charge in [-0.05, 0) is 30.4 Å². The molecular formula is C13H19NO2. The third kappa shape index (κ3) is 2.82. The van der Waals surface area contributed by atoms with E-state index in [1.54, 1.807) is 0 Å². The minimum Gasteiger partial charge on any atom is -0.395 e. The van der Waals surface area contributed by atoms with Gasteiger partial charge in [-0.25, -0.2) is 0 Å². The Bertz CT molecular complexity index is 311. The van der Waals surface area contributed by atoms with Crippen molar-refractivity contribution >= 4 is 0 Å². The summed E-state index contributed by atoms with van der Waals surface area (Å²) in [5.74, 6) is 1.31. The summed E-state index contributed by atoms with van der Waals surface area (Å²) in [7, 11) is 0. The predicted molar refractivity (Wildman–Crippen MR) is 63.3 cm³/mol. The van der Waals surface area contributed by atoms with Crippen LogP contribution in [0.5, 0.6) is 0 Å². The molecule has 16 heavy (non-hydrogen) atoms. The summed E-state index contributed by atoms with van der Waals surface area (Å²) in [6, 6.07) is 10.3. The van der Waals surface area contributed by atoms with Crippen LogP contribution in [0.2, 0.25) is 0 Å². The highest BCUT2D eigenvalue weighted by Gasteiger charge is 2.37. The molecule has 1 aromatic rings. The molecule has 3 nitrogen and oxygen atoms in total. The van der Waals surface area contributed by atoms with E-state index in [1.807, 2.05) is 6.07 Å². The van der Waals surface area contributed by atoms with Crippen molar-refractivity contribution < 1.29 is 10.2 Å². The van der Waals surface area contributed by atoms with Crippen molar-refractivity contribution in [1.29, 1.82) is 0 Å². The summed E-state index contributed by atoms with van der Waals surface area (Å²) in [6.07, 6.45) is 1.21. The van der Waals surface area contributed by atoms with Gasteiger partial charge in [-0.3, -0.25) is 0 Å². The Labute approximate surface area is 96.1 Å². The zero-order valence-electron chi connectivity index (χ0n) is 9.34. The summed E-state index contributed by atoms with van der Waals surface area (Å²) in [5.41, 5.74) is 1.40. The Morgan fingerprint density at radius 3 is 2.50 bits per heavy atom. The molecule has 1 aliphatic rings. The molecule has 1 aromatic carbocycles. The van der Waals surface area contributed by atoms with Crippen LogP contribution in [0.25, 0.3) is 0 Å². The van der Waals surface area contributed by atoms with E-state index in [4.69, 9.17) is 10.2 Å². The normalized spacial score (nSPS) is 23.7. The molecule has 0 aliphatic heterocycles. The number of aliphatic hydroxyl groups excluding tert-OH is 2. The number of hydrogen-bond donors (Lipinski definition) is 3. The Balaban J connectivity index is 1.75. The van der Waals surface area contributed by atoms with Gasteiger partial charge in [0.1, 0.15) is 0 Å². The molecule has 2 atom stereocenters. The Morgan fingerprint density at radius 2 is 1.88 bits per heavy atom. The van der Waals surface area contributed by atoms with E-state index in [1.165, 1.54) is 12.0 Å². The standard InChI is InChI=1S/C13H19NO2/c15-8-12(9-16)14-7-11-6-13(11)10-4-2-1-3-5-10/h1-5,11-16H,6-9H2. The van der Waals surface area contributed by atoms with Gasteiger partial charge in [0.05, 0.1) is 19.3 Å². The first kappa shape index (κ1) is 11.6. The third-order valence-electron chi connectivity index (χ3n) is 3.26. The molecule has 1 fully saturated rings. The van der Waals surface area contributed by atoms with E-state index < -0.39 is 0 Å². The molecule has 1 saturated carbocycles. The number of aliphatic hydroxyl groups is 2. The Morgan fingerprint density at radius 1 is 1.19 bits per heavy atom. The molecule has 0 heterocycles. The fraction of sp³-hybridized carbons (Fsp3) is 0.538. The fourth-order valence-corrected chi connectivity index (χ4v) is 2.09. The molecule has 0 saturated heterocycles. The average molecular weight is 221 g/mol. The maximum Gasteiger partial charge on any atom is 0.0607 e. The van der Waals surface area contributed by atoms with Crippen LogP contribution in [0.1, 0.15) is 17.9 Å². The van der Waals surface area contributed by atoms with Gasteiger partial charge in [-0.2, -0.15) is 0 Å². The number of hydrogen-bond acceptors (Lipinski definition) is 3. The fourth-order valence-electron chi connectivity index (χ4n) is 2.09. The lowest BCUT2D eigenvalue weighted by molar-refractivity contribution is 0.170. The summed E-state index contributed by atoms with van der Waals surface area (Å²) in [6.45, 7) is 0.879. The first-order chi connectivity index (χ1) is 7.85. The highest BCUT2D eigenvalue weighted by molar-refractivity contribution is 5.25. The molecule has 0 radical (unpaired) electrons. The number of rotatable bonds is 6. The molecule has 1 aliphatic carbocycles. The summed E-state index contributed by atoms with van der Waals surface area (Å²) < 4.78 is 0. The second-order valence-corrected chi connectivity index (χ2v) is 4.48. The smallest absolute Gasteiger partial charge is 0.0607 e. The summed E-state index contributed by atoms with van der Waals surface area (Å²) in [5, 5.41) is 21.0. The first-order valence-electron chi connectivity index (χ1n) is 5.85.